The Labute approximate surface area is 196 Å². The number of aromatic nitrogens is 5. The van der Waals surface area contributed by atoms with Crippen molar-refractivity contribution in [1.82, 2.24) is 34.5 Å². The number of aryl methyl sites for hydroxylation is 1. The molecular formula is C23H27N9O2. The Morgan fingerprint density at radius 3 is 2.74 bits per heavy atom. The van der Waals surface area contributed by atoms with E-state index in [1.165, 1.54) is 0 Å². The number of likely N-dealkylation sites (N-methyl/N-ethyl adjacent to an activating group) is 1. The van der Waals surface area contributed by atoms with Crippen LogP contribution in [0.15, 0.2) is 42.9 Å². The van der Waals surface area contributed by atoms with Gasteiger partial charge in [0.25, 0.3) is 0 Å². The molecule has 0 atom stereocenters. The summed E-state index contributed by atoms with van der Waals surface area (Å²) in [6.07, 6.45) is 3.26. The van der Waals surface area contributed by atoms with Crippen LogP contribution in [0.25, 0.3) is 22.3 Å². The summed E-state index contributed by atoms with van der Waals surface area (Å²) >= 11 is 0. The van der Waals surface area contributed by atoms with Crippen molar-refractivity contribution < 1.29 is 9.90 Å². The number of benzene rings is 1. The van der Waals surface area contributed by atoms with Crippen LogP contribution in [0, 0.1) is 0 Å². The fourth-order valence-corrected chi connectivity index (χ4v) is 4.15. The third kappa shape index (κ3) is 4.56. The number of nitrogens with zero attached hydrogens (tertiary/aromatic N) is 6. The molecule has 0 saturated carbocycles. The normalized spacial score (nSPS) is 15.0. The molecule has 0 aliphatic carbocycles. The Kier molecular flexibility index (Phi) is 5.86. The molecule has 0 spiro atoms. The SMILES string of the molecule is CN1CCN(Cc2ncc(NC(=O)Nc3cc(-c4cccc(O)c4)n(C)n3)c3nc[nH]c23)CC1. The van der Waals surface area contributed by atoms with Gasteiger partial charge in [-0.1, -0.05) is 12.1 Å². The number of carbonyl (C=O) groups is 1. The Morgan fingerprint density at radius 2 is 1.94 bits per heavy atom. The number of H-pyrrole nitrogens is 1. The van der Waals surface area contributed by atoms with Crippen molar-refractivity contribution in [1.29, 1.82) is 0 Å². The van der Waals surface area contributed by atoms with E-state index in [0.29, 0.717) is 17.0 Å². The number of pyridine rings is 1. The molecule has 1 aliphatic rings. The summed E-state index contributed by atoms with van der Waals surface area (Å²) < 4.78 is 1.64. The lowest BCUT2D eigenvalue weighted by Gasteiger charge is -2.32. The molecule has 1 aliphatic heterocycles. The smallest absolute Gasteiger partial charge is 0.325 e. The molecule has 0 unspecified atom stereocenters. The largest absolute Gasteiger partial charge is 0.508 e. The minimum Gasteiger partial charge on any atom is -0.508 e. The molecule has 0 bridgehead atoms. The van der Waals surface area contributed by atoms with Gasteiger partial charge in [0.05, 0.1) is 35.1 Å². The van der Waals surface area contributed by atoms with Gasteiger partial charge in [0.15, 0.2) is 5.82 Å². The molecule has 11 nitrogen and oxygen atoms in total. The molecule has 3 aromatic heterocycles. The van der Waals surface area contributed by atoms with E-state index in [0.717, 1.165) is 55.2 Å². The van der Waals surface area contributed by atoms with Gasteiger partial charge in [-0.2, -0.15) is 5.10 Å². The highest BCUT2D eigenvalue weighted by molar-refractivity contribution is 6.04. The summed E-state index contributed by atoms with van der Waals surface area (Å²) in [6, 6.07) is 8.17. The Morgan fingerprint density at radius 1 is 1.12 bits per heavy atom. The van der Waals surface area contributed by atoms with Crippen molar-refractivity contribution in [3.05, 3.63) is 48.5 Å². The summed E-state index contributed by atoms with van der Waals surface area (Å²) in [6.45, 7) is 4.78. The summed E-state index contributed by atoms with van der Waals surface area (Å²) in [7, 11) is 3.91. The number of aromatic hydroxyl groups is 1. The Balaban J connectivity index is 1.29. The lowest BCUT2D eigenvalue weighted by molar-refractivity contribution is 0.147. The number of fused-ring (bicyclic) bond motifs is 1. The van der Waals surface area contributed by atoms with Crippen LogP contribution in [0.2, 0.25) is 0 Å². The molecule has 1 fully saturated rings. The van der Waals surface area contributed by atoms with Gasteiger partial charge in [0.1, 0.15) is 11.3 Å². The molecule has 1 saturated heterocycles. The van der Waals surface area contributed by atoms with Gasteiger partial charge in [-0.15, -0.1) is 0 Å². The van der Waals surface area contributed by atoms with Crippen LogP contribution in [-0.4, -0.2) is 78.9 Å². The number of anilines is 2. The van der Waals surface area contributed by atoms with Crippen LogP contribution in [0.3, 0.4) is 0 Å². The highest BCUT2D eigenvalue weighted by Crippen LogP contribution is 2.26. The number of urea groups is 1. The number of carbonyl (C=O) groups excluding carboxylic acids is 1. The molecule has 0 radical (unpaired) electrons. The zero-order valence-corrected chi connectivity index (χ0v) is 19.1. The number of amides is 2. The topological polar surface area (TPSA) is 127 Å². The Hall–Kier alpha value is -3.96. The van der Waals surface area contributed by atoms with Gasteiger partial charge in [0.2, 0.25) is 0 Å². The molecule has 176 valence electrons. The van der Waals surface area contributed by atoms with E-state index in [1.807, 2.05) is 6.07 Å². The monoisotopic (exact) mass is 461 g/mol. The number of nitrogens with one attached hydrogen (secondary N) is 3. The number of rotatable bonds is 5. The molecule has 1 aromatic carbocycles. The number of imidazole rings is 1. The maximum Gasteiger partial charge on any atom is 0.325 e. The number of phenolic OH excluding ortho intramolecular Hbond substituents is 1. The molecule has 4 N–H and O–H groups in total. The molecule has 11 heteroatoms. The lowest BCUT2D eigenvalue weighted by atomic mass is 10.1. The molecule has 2 amide bonds. The standard InChI is InChI=1S/C23H27N9O2/c1-30-6-8-32(9-7-30)13-18-22-21(25-14-26-22)17(12-24-18)27-23(34)28-20-11-19(31(2)29-20)15-4-3-5-16(33)10-15/h3-5,10-12,14,33H,6-9,13H2,1-2H3,(H,25,26)(H2,27,28,29,34). The maximum absolute atomic E-state index is 12.7. The second kappa shape index (κ2) is 9.12. The quantitative estimate of drug-likeness (QED) is 0.359. The van der Waals surface area contributed by atoms with Crippen LogP contribution in [0.4, 0.5) is 16.3 Å². The summed E-state index contributed by atoms with van der Waals surface area (Å²) in [5.41, 5.74) is 4.46. The second-order valence-electron chi connectivity index (χ2n) is 8.49. The molecular weight excluding hydrogens is 434 g/mol. The van der Waals surface area contributed by atoms with Crippen LogP contribution in [0.5, 0.6) is 5.75 Å². The van der Waals surface area contributed by atoms with E-state index >= 15 is 0 Å². The Bertz CT molecular complexity index is 1320. The first-order valence-corrected chi connectivity index (χ1v) is 11.1. The van der Waals surface area contributed by atoms with Crippen LogP contribution < -0.4 is 10.6 Å². The van der Waals surface area contributed by atoms with Crippen molar-refractivity contribution in [3.63, 3.8) is 0 Å². The summed E-state index contributed by atoms with van der Waals surface area (Å²) in [4.78, 5) is 29.6. The van der Waals surface area contributed by atoms with Crippen molar-refractivity contribution in [2.75, 3.05) is 43.9 Å². The molecule has 34 heavy (non-hydrogen) atoms. The van der Waals surface area contributed by atoms with Gasteiger partial charge < -0.3 is 20.3 Å². The van der Waals surface area contributed by atoms with E-state index in [4.69, 9.17) is 0 Å². The number of hydrogen-bond acceptors (Lipinski definition) is 7. The van der Waals surface area contributed by atoms with Crippen molar-refractivity contribution in [3.8, 4) is 17.0 Å². The van der Waals surface area contributed by atoms with Gasteiger partial charge in [-0.05, 0) is 19.2 Å². The highest BCUT2D eigenvalue weighted by atomic mass is 16.3. The first-order chi connectivity index (χ1) is 16.5. The first kappa shape index (κ1) is 21.9. The van der Waals surface area contributed by atoms with Crippen molar-refractivity contribution in [2.45, 2.75) is 6.54 Å². The van der Waals surface area contributed by atoms with Gasteiger partial charge >= 0.3 is 6.03 Å². The first-order valence-electron chi connectivity index (χ1n) is 11.1. The third-order valence-electron chi connectivity index (χ3n) is 6.01. The number of piperazine rings is 1. The predicted octanol–water partition coefficient (Wildman–Crippen LogP) is 2.46. The van der Waals surface area contributed by atoms with E-state index < -0.39 is 6.03 Å². The average molecular weight is 462 g/mol. The number of hydrogen-bond donors (Lipinski definition) is 4. The summed E-state index contributed by atoms with van der Waals surface area (Å²) in [5.74, 6) is 0.550. The fraction of sp³-hybridized carbons (Fsp3) is 0.304. The summed E-state index contributed by atoms with van der Waals surface area (Å²) in [5, 5.41) is 19.7. The highest BCUT2D eigenvalue weighted by Gasteiger charge is 2.18. The van der Waals surface area contributed by atoms with Gasteiger partial charge in [-0.3, -0.25) is 19.9 Å². The number of phenols is 1. The van der Waals surface area contributed by atoms with Crippen molar-refractivity contribution >= 4 is 28.6 Å². The van der Waals surface area contributed by atoms with Gasteiger partial charge in [-0.25, -0.2) is 9.78 Å². The molecule has 5 rings (SSSR count). The van der Waals surface area contributed by atoms with Crippen LogP contribution in [-0.2, 0) is 13.6 Å². The maximum atomic E-state index is 12.7. The van der Waals surface area contributed by atoms with Crippen LogP contribution in [0.1, 0.15) is 5.69 Å². The second-order valence-corrected chi connectivity index (χ2v) is 8.49. The van der Waals surface area contributed by atoms with E-state index in [-0.39, 0.29) is 5.75 Å². The third-order valence-corrected chi connectivity index (χ3v) is 6.01. The molecule has 4 aromatic rings. The van der Waals surface area contributed by atoms with Crippen LogP contribution >= 0.6 is 0 Å². The van der Waals surface area contributed by atoms with E-state index in [1.54, 1.807) is 48.5 Å². The minimum absolute atomic E-state index is 0.164. The molecule has 4 heterocycles. The fourth-order valence-electron chi connectivity index (χ4n) is 4.15. The lowest BCUT2D eigenvalue weighted by Crippen LogP contribution is -2.44. The van der Waals surface area contributed by atoms with E-state index in [9.17, 15) is 9.90 Å². The zero-order chi connectivity index (χ0) is 23.7. The number of aromatic amines is 1. The van der Waals surface area contributed by atoms with E-state index in [2.05, 4.69) is 47.5 Å². The van der Waals surface area contributed by atoms with Gasteiger partial charge in [0, 0.05) is 51.4 Å². The predicted molar refractivity (Wildman–Crippen MR) is 130 cm³/mol. The minimum atomic E-state index is -0.446. The van der Waals surface area contributed by atoms with Crippen molar-refractivity contribution in [2.24, 2.45) is 7.05 Å². The zero-order valence-electron chi connectivity index (χ0n) is 19.1. The average Bonchev–Trinajstić information content (AvgIpc) is 3.44.